The highest BCUT2D eigenvalue weighted by Gasteiger charge is 2.19. The first-order valence-corrected chi connectivity index (χ1v) is 10.9. The van der Waals surface area contributed by atoms with Gasteiger partial charge in [0.2, 0.25) is 5.89 Å². The van der Waals surface area contributed by atoms with E-state index in [-0.39, 0.29) is 11.3 Å². The Morgan fingerprint density at radius 3 is 2.57 bits per heavy atom. The molecule has 7 nitrogen and oxygen atoms in total. The Labute approximate surface area is 182 Å². The molecule has 9 heteroatoms. The Bertz CT molecular complexity index is 1060. The van der Waals surface area contributed by atoms with Gasteiger partial charge in [0, 0.05) is 17.1 Å². The summed E-state index contributed by atoms with van der Waals surface area (Å²) in [7, 11) is 0. The average molecular weight is 444 g/mol. The molecule has 3 rings (SSSR count). The molecular weight excluding hydrogens is 422 g/mol. The van der Waals surface area contributed by atoms with E-state index in [2.05, 4.69) is 36.1 Å². The Morgan fingerprint density at radius 2 is 1.93 bits per heavy atom. The van der Waals surface area contributed by atoms with E-state index in [1.165, 1.54) is 17.4 Å². The number of carbonyl (C=O) groups excluding carboxylic acids is 1. The number of amides is 1. The van der Waals surface area contributed by atoms with Gasteiger partial charge in [0.1, 0.15) is 5.76 Å². The largest absolute Gasteiger partial charge is 0.478 e. The predicted octanol–water partition coefficient (Wildman–Crippen LogP) is 5.07. The van der Waals surface area contributed by atoms with Crippen LogP contribution in [-0.2, 0) is 16.0 Å². The number of thioether (sulfide) groups is 1. The van der Waals surface area contributed by atoms with Crippen LogP contribution in [0.1, 0.15) is 48.3 Å². The van der Waals surface area contributed by atoms with Crippen molar-refractivity contribution in [3.63, 3.8) is 0 Å². The van der Waals surface area contributed by atoms with Gasteiger partial charge in [0.25, 0.3) is 5.91 Å². The number of nitrogens with zero attached hydrogens (tertiary/aromatic N) is 2. The van der Waals surface area contributed by atoms with Crippen LogP contribution in [0.15, 0.2) is 51.4 Å². The van der Waals surface area contributed by atoms with Gasteiger partial charge in [-0.1, -0.05) is 44.2 Å². The average Bonchev–Trinajstić information content (AvgIpc) is 3.34. The molecule has 0 saturated heterocycles. The minimum absolute atomic E-state index is 0.0808. The van der Waals surface area contributed by atoms with Crippen LogP contribution in [0.4, 0.5) is 5.13 Å². The first-order valence-electron chi connectivity index (χ1n) is 9.07. The fraction of sp³-hybridized carbons (Fsp3) is 0.238. The van der Waals surface area contributed by atoms with Crippen molar-refractivity contribution in [2.24, 2.45) is 0 Å². The number of anilines is 1. The van der Waals surface area contributed by atoms with Crippen LogP contribution in [0.2, 0.25) is 0 Å². The van der Waals surface area contributed by atoms with E-state index in [0.717, 1.165) is 16.0 Å². The molecular formula is C21H21N3O4S2. The second-order valence-corrected chi connectivity index (χ2v) is 9.70. The van der Waals surface area contributed by atoms with Gasteiger partial charge >= 0.3 is 5.97 Å². The number of rotatable bonds is 7. The van der Waals surface area contributed by atoms with Crippen LogP contribution in [0, 0.1) is 0 Å². The Hall–Kier alpha value is -2.91. The highest BCUT2D eigenvalue weighted by atomic mass is 32.2. The monoisotopic (exact) mass is 443 g/mol. The number of hydrogen-bond acceptors (Lipinski definition) is 7. The van der Waals surface area contributed by atoms with Crippen LogP contribution in [0.3, 0.4) is 0 Å². The summed E-state index contributed by atoms with van der Waals surface area (Å²) in [6.45, 7) is 6.22. The van der Waals surface area contributed by atoms with Gasteiger partial charge in [-0.2, -0.15) is 0 Å². The van der Waals surface area contributed by atoms with E-state index in [4.69, 9.17) is 9.52 Å². The molecule has 0 atom stereocenters. The molecule has 0 aliphatic carbocycles. The lowest BCUT2D eigenvalue weighted by molar-refractivity contribution is -0.131. The Balaban J connectivity index is 1.55. The maximum Gasteiger partial charge on any atom is 0.328 e. The SMILES string of the molecule is CC(C)(C)c1cnc(CSc2cnc(NC(=O)c3ccc(/C=C/C(=O)O)cc3)s2)o1. The number of carbonyl (C=O) groups is 2. The summed E-state index contributed by atoms with van der Waals surface area (Å²) in [5, 5.41) is 11.9. The number of benzene rings is 1. The van der Waals surface area contributed by atoms with E-state index < -0.39 is 5.97 Å². The van der Waals surface area contributed by atoms with Crippen LogP contribution in [0.5, 0.6) is 0 Å². The molecule has 0 spiro atoms. The highest BCUT2D eigenvalue weighted by molar-refractivity contribution is 8.00. The number of nitrogens with one attached hydrogen (secondary N) is 1. The normalized spacial score (nSPS) is 11.7. The van der Waals surface area contributed by atoms with Crippen LogP contribution in [0.25, 0.3) is 6.08 Å². The van der Waals surface area contributed by atoms with Crippen LogP contribution in [-0.4, -0.2) is 27.0 Å². The second-order valence-electron chi connectivity index (χ2n) is 7.39. The van der Waals surface area contributed by atoms with E-state index in [0.29, 0.717) is 27.9 Å². The Kier molecular flexibility index (Phi) is 6.73. The van der Waals surface area contributed by atoms with Crippen molar-refractivity contribution in [3.05, 3.63) is 65.5 Å². The topological polar surface area (TPSA) is 105 Å². The second kappa shape index (κ2) is 9.27. The number of aliphatic carboxylic acids is 1. The van der Waals surface area contributed by atoms with E-state index in [1.54, 1.807) is 48.4 Å². The van der Waals surface area contributed by atoms with Gasteiger partial charge in [-0.15, -0.1) is 11.8 Å². The maximum absolute atomic E-state index is 12.4. The Morgan fingerprint density at radius 1 is 1.20 bits per heavy atom. The highest BCUT2D eigenvalue weighted by Crippen LogP contribution is 2.32. The molecule has 2 aromatic heterocycles. The van der Waals surface area contributed by atoms with E-state index >= 15 is 0 Å². The fourth-order valence-electron chi connectivity index (χ4n) is 2.32. The van der Waals surface area contributed by atoms with Crippen molar-refractivity contribution in [2.75, 3.05) is 5.32 Å². The number of oxazole rings is 1. The van der Waals surface area contributed by atoms with Crippen molar-refractivity contribution in [2.45, 2.75) is 36.1 Å². The number of carboxylic acids is 1. The van der Waals surface area contributed by atoms with E-state index in [1.807, 2.05) is 0 Å². The lowest BCUT2D eigenvalue weighted by Crippen LogP contribution is -2.11. The summed E-state index contributed by atoms with van der Waals surface area (Å²) in [5.41, 5.74) is 1.08. The van der Waals surface area contributed by atoms with E-state index in [9.17, 15) is 9.59 Å². The van der Waals surface area contributed by atoms with Crippen molar-refractivity contribution in [1.82, 2.24) is 9.97 Å². The first kappa shape index (κ1) is 21.8. The first-order chi connectivity index (χ1) is 14.2. The van der Waals surface area contributed by atoms with Crippen molar-refractivity contribution >= 4 is 46.2 Å². The standard InChI is InChI=1S/C21H21N3O4S2/c1-21(2,3)15-10-22-16(28-15)12-29-18-11-23-20(30-18)24-19(27)14-7-4-13(5-8-14)6-9-17(25)26/h4-11H,12H2,1-3H3,(H,25,26)(H,23,24,27)/b9-6+. The molecule has 156 valence electrons. The molecule has 1 amide bonds. The fourth-order valence-corrected chi connectivity index (χ4v) is 4.04. The summed E-state index contributed by atoms with van der Waals surface area (Å²) in [5.74, 6) is 0.779. The molecule has 0 saturated carbocycles. The minimum atomic E-state index is -1.02. The van der Waals surface area contributed by atoms with Gasteiger partial charge in [-0.3, -0.25) is 10.1 Å². The zero-order valence-corrected chi connectivity index (χ0v) is 18.3. The number of hydrogen-bond donors (Lipinski definition) is 2. The lowest BCUT2D eigenvalue weighted by Gasteiger charge is -2.12. The van der Waals surface area contributed by atoms with Crippen molar-refractivity contribution in [3.8, 4) is 0 Å². The smallest absolute Gasteiger partial charge is 0.328 e. The summed E-state index contributed by atoms with van der Waals surface area (Å²) in [6, 6.07) is 6.63. The molecule has 3 aromatic rings. The van der Waals surface area contributed by atoms with Gasteiger partial charge in [0.15, 0.2) is 5.13 Å². The quantitative estimate of drug-likeness (QED) is 0.388. The molecule has 0 radical (unpaired) electrons. The predicted molar refractivity (Wildman–Crippen MR) is 118 cm³/mol. The third-order valence-corrected chi connectivity index (χ3v) is 6.02. The summed E-state index contributed by atoms with van der Waals surface area (Å²) in [4.78, 5) is 31.5. The van der Waals surface area contributed by atoms with Gasteiger partial charge in [-0.25, -0.2) is 14.8 Å². The third-order valence-electron chi connectivity index (χ3n) is 3.93. The molecule has 0 bridgehead atoms. The molecule has 0 aliphatic heterocycles. The van der Waals surface area contributed by atoms with Crippen molar-refractivity contribution < 1.29 is 19.1 Å². The van der Waals surface area contributed by atoms with Crippen LogP contribution >= 0.6 is 23.1 Å². The number of thiazole rings is 1. The minimum Gasteiger partial charge on any atom is -0.478 e. The molecule has 2 N–H and O–H groups in total. The zero-order valence-electron chi connectivity index (χ0n) is 16.7. The summed E-state index contributed by atoms with van der Waals surface area (Å²) < 4.78 is 6.72. The zero-order chi connectivity index (χ0) is 21.7. The van der Waals surface area contributed by atoms with Crippen LogP contribution < -0.4 is 5.32 Å². The molecule has 0 aliphatic rings. The molecule has 1 aromatic carbocycles. The number of aromatic nitrogens is 2. The molecule has 30 heavy (non-hydrogen) atoms. The van der Waals surface area contributed by atoms with Gasteiger partial charge in [-0.05, 0) is 23.8 Å². The molecule has 2 heterocycles. The van der Waals surface area contributed by atoms with Gasteiger partial charge in [0.05, 0.1) is 22.4 Å². The molecule has 0 fully saturated rings. The third kappa shape index (κ3) is 6.04. The lowest BCUT2D eigenvalue weighted by atomic mass is 9.94. The maximum atomic E-state index is 12.4. The summed E-state index contributed by atoms with van der Waals surface area (Å²) in [6.07, 6.45) is 5.98. The summed E-state index contributed by atoms with van der Waals surface area (Å²) >= 11 is 2.92. The van der Waals surface area contributed by atoms with Crippen molar-refractivity contribution in [1.29, 1.82) is 0 Å². The van der Waals surface area contributed by atoms with Gasteiger partial charge < -0.3 is 9.52 Å². The number of carboxylic acid groups (broad SMARTS) is 1. The molecule has 0 unspecified atom stereocenters.